The van der Waals surface area contributed by atoms with Crippen molar-refractivity contribution in [3.05, 3.63) is 52.1 Å². The highest BCUT2D eigenvalue weighted by molar-refractivity contribution is 5.94. The van der Waals surface area contributed by atoms with Crippen LogP contribution >= 0.6 is 0 Å². The van der Waals surface area contributed by atoms with Gasteiger partial charge in [-0.25, -0.2) is 4.98 Å². The third-order valence-electron chi connectivity index (χ3n) is 3.61. The Kier molecular flexibility index (Phi) is 4.38. The molecular weight excluding hydrogens is 296 g/mol. The maximum Gasteiger partial charge on any atom is 0.291 e. The quantitative estimate of drug-likeness (QED) is 0.891. The molecule has 1 aromatic carbocycles. The first-order valence-corrected chi connectivity index (χ1v) is 7.44. The molecule has 0 aliphatic carbocycles. The van der Waals surface area contributed by atoms with Crippen LogP contribution in [0.1, 0.15) is 16.1 Å². The molecular formula is C16H18N4O3. The van der Waals surface area contributed by atoms with Gasteiger partial charge in [0, 0.05) is 30.5 Å². The standard InChI is InChI=1S/C16H18N4O3/c1-11-10-17-15(21)14(18-11)19-13-4-2-12(3-5-13)16(22)20-6-8-23-9-7-20/h2-5,10H,6-9H2,1H3,(H,17,21)(H,18,19). The zero-order valence-electron chi connectivity index (χ0n) is 12.8. The summed E-state index contributed by atoms with van der Waals surface area (Å²) in [5.41, 5.74) is 1.74. The first-order chi connectivity index (χ1) is 11.1. The van der Waals surface area contributed by atoms with Gasteiger partial charge in [-0.1, -0.05) is 0 Å². The topological polar surface area (TPSA) is 87.3 Å². The highest BCUT2D eigenvalue weighted by Gasteiger charge is 2.18. The van der Waals surface area contributed by atoms with E-state index in [2.05, 4.69) is 15.3 Å². The number of morpholine rings is 1. The number of nitrogens with zero attached hydrogens (tertiary/aromatic N) is 2. The lowest BCUT2D eigenvalue weighted by Crippen LogP contribution is -2.40. The monoisotopic (exact) mass is 314 g/mol. The Labute approximate surface area is 133 Å². The summed E-state index contributed by atoms with van der Waals surface area (Å²) in [7, 11) is 0. The molecule has 0 saturated carbocycles. The van der Waals surface area contributed by atoms with Crippen molar-refractivity contribution in [1.82, 2.24) is 14.9 Å². The first-order valence-electron chi connectivity index (χ1n) is 7.44. The average Bonchev–Trinajstić information content (AvgIpc) is 2.59. The second-order valence-corrected chi connectivity index (χ2v) is 5.33. The second-order valence-electron chi connectivity index (χ2n) is 5.33. The summed E-state index contributed by atoms with van der Waals surface area (Å²) in [5, 5.41) is 2.96. The number of rotatable bonds is 3. The number of carbonyl (C=O) groups is 1. The number of carbonyl (C=O) groups excluding carboxylic acids is 1. The molecule has 23 heavy (non-hydrogen) atoms. The molecule has 0 bridgehead atoms. The fourth-order valence-corrected chi connectivity index (χ4v) is 2.36. The predicted octanol–water partition coefficient (Wildman–Crippen LogP) is 1.29. The number of H-pyrrole nitrogens is 1. The Bertz CT molecular complexity index is 749. The number of aromatic amines is 1. The van der Waals surface area contributed by atoms with Crippen LogP contribution in [0.2, 0.25) is 0 Å². The van der Waals surface area contributed by atoms with Crippen LogP contribution in [0.4, 0.5) is 11.5 Å². The molecule has 1 aliphatic rings. The second kappa shape index (κ2) is 6.62. The number of amides is 1. The van der Waals surface area contributed by atoms with Gasteiger partial charge in [0.15, 0.2) is 5.82 Å². The van der Waals surface area contributed by atoms with Gasteiger partial charge in [-0.3, -0.25) is 9.59 Å². The molecule has 2 heterocycles. The highest BCUT2D eigenvalue weighted by atomic mass is 16.5. The molecule has 1 aliphatic heterocycles. The highest BCUT2D eigenvalue weighted by Crippen LogP contribution is 2.15. The van der Waals surface area contributed by atoms with E-state index in [1.165, 1.54) is 0 Å². The summed E-state index contributed by atoms with van der Waals surface area (Å²) in [5.74, 6) is 0.226. The molecule has 7 heteroatoms. The SMILES string of the molecule is Cc1c[nH]c(=O)c(Nc2ccc(C(=O)N3CCOCC3)cc2)n1. The van der Waals surface area contributed by atoms with E-state index in [1.807, 2.05) is 0 Å². The number of hydrogen-bond donors (Lipinski definition) is 2. The molecule has 0 atom stereocenters. The van der Waals surface area contributed by atoms with Crippen molar-refractivity contribution in [3.63, 3.8) is 0 Å². The van der Waals surface area contributed by atoms with Gasteiger partial charge in [0.1, 0.15) is 0 Å². The van der Waals surface area contributed by atoms with Gasteiger partial charge in [0.05, 0.1) is 18.9 Å². The van der Waals surface area contributed by atoms with E-state index in [0.29, 0.717) is 43.2 Å². The van der Waals surface area contributed by atoms with Gasteiger partial charge in [-0.15, -0.1) is 0 Å². The normalized spacial score (nSPS) is 14.6. The summed E-state index contributed by atoms with van der Waals surface area (Å²) >= 11 is 0. The number of ether oxygens (including phenoxy) is 1. The number of hydrogen-bond acceptors (Lipinski definition) is 5. The van der Waals surface area contributed by atoms with Crippen molar-refractivity contribution >= 4 is 17.4 Å². The molecule has 7 nitrogen and oxygen atoms in total. The van der Waals surface area contributed by atoms with E-state index in [4.69, 9.17) is 4.74 Å². The van der Waals surface area contributed by atoms with Crippen molar-refractivity contribution in [3.8, 4) is 0 Å². The Morgan fingerprint density at radius 2 is 1.96 bits per heavy atom. The fourth-order valence-electron chi connectivity index (χ4n) is 2.36. The largest absolute Gasteiger partial charge is 0.378 e. The fraction of sp³-hybridized carbons (Fsp3) is 0.312. The Balaban J connectivity index is 1.73. The van der Waals surface area contributed by atoms with E-state index in [0.717, 1.165) is 0 Å². The molecule has 2 aromatic rings. The summed E-state index contributed by atoms with van der Waals surface area (Å²) in [6, 6.07) is 7.00. The molecule has 1 amide bonds. The summed E-state index contributed by atoms with van der Waals surface area (Å²) in [6.45, 7) is 4.18. The van der Waals surface area contributed by atoms with Crippen LogP contribution in [0.15, 0.2) is 35.3 Å². The Morgan fingerprint density at radius 1 is 1.26 bits per heavy atom. The third-order valence-corrected chi connectivity index (χ3v) is 3.61. The van der Waals surface area contributed by atoms with Crippen LogP contribution in [0.5, 0.6) is 0 Å². The number of aromatic nitrogens is 2. The van der Waals surface area contributed by atoms with Crippen molar-refractivity contribution < 1.29 is 9.53 Å². The number of aryl methyl sites for hydroxylation is 1. The maximum atomic E-state index is 12.4. The number of nitrogens with one attached hydrogen (secondary N) is 2. The average molecular weight is 314 g/mol. The minimum atomic E-state index is -0.288. The predicted molar refractivity (Wildman–Crippen MR) is 86.0 cm³/mol. The summed E-state index contributed by atoms with van der Waals surface area (Å²) in [6.07, 6.45) is 1.55. The minimum absolute atomic E-state index is 0.00798. The maximum absolute atomic E-state index is 12.4. The molecule has 120 valence electrons. The number of anilines is 2. The first kappa shape index (κ1) is 15.2. The molecule has 0 radical (unpaired) electrons. The van der Waals surface area contributed by atoms with Gasteiger partial charge >= 0.3 is 0 Å². The van der Waals surface area contributed by atoms with Crippen molar-refractivity contribution in [2.24, 2.45) is 0 Å². The lowest BCUT2D eigenvalue weighted by Gasteiger charge is -2.26. The van der Waals surface area contributed by atoms with Crippen LogP contribution in [-0.2, 0) is 4.74 Å². The molecule has 3 rings (SSSR count). The molecule has 1 fully saturated rings. The molecule has 1 aromatic heterocycles. The Hall–Kier alpha value is -2.67. The van der Waals surface area contributed by atoms with Gasteiger partial charge in [0.25, 0.3) is 11.5 Å². The van der Waals surface area contributed by atoms with Gasteiger partial charge in [-0.05, 0) is 31.2 Å². The number of benzene rings is 1. The van der Waals surface area contributed by atoms with Crippen LogP contribution in [0, 0.1) is 6.92 Å². The summed E-state index contributed by atoms with van der Waals surface area (Å²) in [4.78, 5) is 32.6. The molecule has 0 spiro atoms. The van der Waals surface area contributed by atoms with Crippen LogP contribution in [0.3, 0.4) is 0 Å². The zero-order chi connectivity index (χ0) is 16.2. The summed E-state index contributed by atoms with van der Waals surface area (Å²) < 4.78 is 5.25. The van der Waals surface area contributed by atoms with Crippen LogP contribution < -0.4 is 10.9 Å². The van der Waals surface area contributed by atoms with E-state index >= 15 is 0 Å². The smallest absolute Gasteiger partial charge is 0.291 e. The Morgan fingerprint density at radius 3 is 2.65 bits per heavy atom. The van der Waals surface area contributed by atoms with Crippen LogP contribution in [-0.4, -0.2) is 47.1 Å². The van der Waals surface area contributed by atoms with Gasteiger partial charge in [-0.2, -0.15) is 0 Å². The minimum Gasteiger partial charge on any atom is -0.378 e. The molecule has 0 unspecified atom stereocenters. The third kappa shape index (κ3) is 3.57. The van der Waals surface area contributed by atoms with Gasteiger partial charge in [0.2, 0.25) is 0 Å². The van der Waals surface area contributed by atoms with E-state index < -0.39 is 0 Å². The van der Waals surface area contributed by atoms with Crippen LogP contribution in [0.25, 0.3) is 0 Å². The molecule has 1 saturated heterocycles. The van der Waals surface area contributed by atoms with Crippen molar-refractivity contribution in [1.29, 1.82) is 0 Å². The molecule has 2 N–H and O–H groups in total. The van der Waals surface area contributed by atoms with E-state index in [1.54, 1.807) is 42.3 Å². The zero-order valence-corrected chi connectivity index (χ0v) is 12.8. The van der Waals surface area contributed by atoms with Gasteiger partial charge < -0.3 is 19.9 Å². The van der Waals surface area contributed by atoms with E-state index in [-0.39, 0.29) is 17.3 Å². The van der Waals surface area contributed by atoms with Crippen molar-refractivity contribution in [2.75, 3.05) is 31.6 Å². The van der Waals surface area contributed by atoms with E-state index in [9.17, 15) is 9.59 Å². The van der Waals surface area contributed by atoms with Crippen molar-refractivity contribution in [2.45, 2.75) is 6.92 Å². The lowest BCUT2D eigenvalue weighted by molar-refractivity contribution is 0.0303. The lowest BCUT2D eigenvalue weighted by atomic mass is 10.1.